The Hall–Kier alpha value is -2.29. The smallest absolute Gasteiger partial charge is 0.395 e. The van der Waals surface area contributed by atoms with Gasteiger partial charge in [0, 0.05) is 0 Å². The number of para-hydroxylation sites is 1. The third-order valence-electron chi connectivity index (χ3n) is 1.83. The Bertz CT molecular complexity index is 430. The predicted octanol–water partition coefficient (Wildman–Crippen LogP) is 3.85. The molecule has 0 unspecified atom stereocenters. The number of hydrogen-bond acceptors (Lipinski definition) is 3. The summed E-state index contributed by atoms with van der Waals surface area (Å²) in [5, 5.41) is 0. The number of allylic oxidation sites excluding steroid dienone is 4. The molecule has 1 rings (SSSR count). The molecule has 0 fully saturated rings. The summed E-state index contributed by atoms with van der Waals surface area (Å²) in [7, 11) is 0. The lowest BCUT2D eigenvalue weighted by Gasteiger charge is -2.05. The van der Waals surface area contributed by atoms with Gasteiger partial charge in [0.1, 0.15) is 11.5 Å². The first-order valence-electron chi connectivity index (χ1n) is 5.16. The van der Waals surface area contributed by atoms with Gasteiger partial charge in [0.05, 0.1) is 0 Å². The van der Waals surface area contributed by atoms with Crippen LogP contribution < -0.4 is 4.74 Å². The van der Waals surface area contributed by atoms with Crippen molar-refractivity contribution in [3.63, 3.8) is 0 Å². The second-order valence-corrected chi connectivity index (χ2v) is 3.05. The molecular weight excluding hydrogens is 216 g/mol. The molecule has 0 aliphatic rings. The van der Waals surface area contributed by atoms with E-state index in [4.69, 9.17) is 9.47 Å². The number of rotatable bonds is 4. The van der Waals surface area contributed by atoms with E-state index in [9.17, 15) is 4.79 Å². The first-order valence-corrected chi connectivity index (χ1v) is 5.16. The predicted molar refractivity (Wildman–Crippen MR) is 66.6 cm³/mol. The van der Waals surface area contributed by atoms with Gasteiger partial charge in [-0.15, -0.1) is 0 Å². The van der Waals surface area contributed by atoms with E-state index in [1.807, 2.05) is 6.07 Å². The Balaban J connectivity index is 2.55. The highest BCUT2D eigenvalue weighted by Crippen LogP contribution is 2.11. The third-order valence-corrected chi connectivity index (χ3v) is 1.83. The quantitative estimate of drug-likeness (QED) is 0.341. The standard InChI is InChI=1S/C14H14O3/c1-3-5-9-12(4-2)16-14(15)17-13-10-7-6-8-11-13/h3-11H,1H2,2H3/b9-5-,12-4+. The molecule has 88 valence electrons. The van der Waals surface area contributed by atoms with Crippen molar-refractivity contribution in [2.75, 3.05) is 0 Å². The molecule has 1 aromatic carbocycles. The molecule has 0 aliphatic carbocycles. The second-order valence-electron chi connectivity index (χ2n) is 3.05. The third kappa shape index (κ3) is 4.84. The van der Waals surface area contributed by atoms with Crippen molar-refractivity contribution >= 4 is 6.16 Å². The summed E-state index contributed by atoms with van der Waals surface area (Å²) in [5.41, 5.74) is 0. The Morgan fingerprint density at radius 3 is 2.59 bits per heavy atom. The molecule has 0 aromatic heterocycles. The van der Waals surface area contributed by atoms with Crippen LogP contribution in [0.4, 0.5) is 4.79 Å². The lowest BCUT2D eigenvalue weighted by atomic mass is 10.3. The molecule has 0 spiro atoms. The lowest BCUT2D eigenvalue weighted by Crippen LogP contribution is -2.09. The van der Waals surface area contributed by atoms with Crippen LogP contribution in [0.1, 0.15) is 6.92 Å². The van der Waals surface area contributed by atoms with Gasteiger partial charge in [-0.25, -0.2) is 4.79 Å². The van der Waals surface area contributed by atoms with Crippen molar-refractivity contribution in [2.45, 2.75) is 6.92 Å². The van der Waals surface area contributed by atoms with E-state index in [-0.39, 0.29) is 0 Å². The molecule has 0 heterocycles. The SMILES string of the molecule is C=C/C=C\C(=C/C)OC(=O)Oc1ccccc1. The van der Waals surface area contributed by atoms with Crippen LogP contribution in [0.25, 0.3) is 0 Å². The summed E-state index contributed by atoms with van der Waals surface area (Å²) in [5.74, 6) is 0.853. The maximum Gasteiger partial charge on any atom is 0.519 e. The van der Waals surface area contributed by atoms with Crippen molar-refractivity contribution in [3.05, 3.63) is 67.0 Å². The van der Waals surface area contributed by atoms with Gasteiger partial charge >= 0.3 is 6.16 Å². The number of carbonyl (C=O) groups excluding carboxylic acids is 1. The summed E-state index contributed by atoms with van der Waals surface area (Å²) >= 11 is 0. The average Bonchev–Trinajstić information content (AvgIpc) is 2.35. The first kappa shape index (κ1) is 12.8. The summed E-state index contributed by atoms with van der Waals surface area (Å²) in [6.45, 7) is 5.29. The van der Waals surface area contributed by atoms with E-state index in [1.165, 1.54) is 0 Å². The molecule has 17 heavy (non-hydrogen) atoms. The maximum atomic E-state index is 11.4. The van der Waals surface area contributed by atoms with Crippen LogP contribution in [0, 0.1) is 0 Å². The zero-order chi connectivity index (χ0) is 12.5. The topological polar surface area (TPSA) is 35.5 Å². The maximum absolute atomic E-state index is 11.4. The van der Waals surface area contributed by atoms with E-state index >= 15 is 0 Å². The second kappa shape index (κ2) is 7.06. The molecule has 0 aliphatic heterocycles. The highest BCUT2D eigenvalue weighted by molar-refractivity contribution is 5.65. The molecule has 3 heteroatoms. The number of hydrogen-bond donors (Lipinski definition) is 0. The number of benzene rings is 1. The fourth-order valence-corrected chi connectivity index (χ4v) is 1.05. The van der Waals surface area contributed by atoms with Crippen LogP contribution in [0.2, 0.25) is 0 Å². The minimum atomic E-state index is -0.766. The molecule has 0 N–H and O–H groups in total. The van der Waals surface area contributed by atoms with Crippen LogP contribution in [0.3, 0.4) is 0 Å². The van der Waals surface area contributed by atoms with E-state index < -0.39 is 6.16 Å². The van der Waals surface area contributed by atoms with Crippen molar-refractivity contribution in [1.82, 2.24) is 0 Å². The van der Waals surface area contributed by atoms with E-state index in [2.05, 4.69) is 6.58 Å². The van der Waals surface area contributed by atoms with Gasteiger partial charge in [-0.3, -0.25) is 0 Å². The van der Waals surface area contributed by atoms with E-state index in [0.717, 1.165) is 0 Å². The molecule has 0 amide bonds. The number of ether oxygens (including phenoxy) is 2. The minimum Gasteiger partial charge on any atom is -0.395 e. The van der Waals surface area contributed by atoms with Crippen LogP contribution >= 0.6 is 0 Å². The Labute approximate surface area is 101 Å². The molecule has 0 bridgehead atoms. The van der Waals surface area contributed by atoms with Gasteiger partial charge in [-0.1, -0.05) is 36.9 Å². The summed E-state index contributed by atoms with van der Waals surface area (Å²) in [6, 6.07) is 8.74. The Morgan fingerprint density at radius 2 is 2.00 bits per heavy atom. The zero-order valence-electron chi connectivity index (χ0n) is 9.63. The average molecular weight is 230 g/mol. The van der Waals surface area contributed by atoms with Crippen LogP contribution in [0.15, 0.2) is 67.0 Å². The van der Waals surface area contributed by atoms with Crippen molar-refractivity contribution in [1.29, 1.82) is 0 Å². The first-order chi connectivity index (χ1) is 8.26. The fraction of sp³-hybridized carbons (Fsp3) is 0.0714. The van der Waals surface area contributed by atoms with Crippen molar-refractivity contribution < 1.29 is 14.3 Å². The molecule has 0 atom stereocenters. The number of carbonyl (C=O) groups is 1. The molecule has 1 aromatic rings. The van der Waals surface area contributed by atoms with Gasteiger partial charge in [-0.2, -0.15) is 0 Å². The highest BCUT2D eigenvalue weighted by Gasteiger charge is 2.06. The molecule has 0 saturated heterocycles. The van der Waals surface area contributed by atoms with Crippen LogP contribution in [-0.2, 0) is 4.74 Å². The normalized spacial score (nSPS) is 11.2. The van der Waals surface area contributed by atoms with Gasteiger partial charge in [0.25, 0.3) is 0 Å². The van der Waals surface area contributed by atoms with Gasteiger partial charge < -0.3 is 9.47 Å². The summed E-state index contributed by atoms with van der Waals surface area (Å²) < 4.78 is 9.94. The van der Waals surface area contributed by atoms with Crippen molar-refractivity contribution in [2.24, 2.45) is 0 Å². The van der Waals surface area contributed by atoms with E-state index in [1.54, 1.807) is 55.5 Å². The van der Waals surface area contributed by atoms with E-state index in [0.29, 0.717) is 11.5 Å². The lowest BCUT2D eigenvalue weighted by molar-refractivity contribution is 0.129. The van der Waals surface area contributed by atoms with Gasteiger partial charge in [0.2, 0.25) is 0 Å². The summed E-state index contributed by atoms with van der Waals surface area (Å²) in [6.07, 6.45) is 5.78. The fourth-order valence-electron chi connectivity index (χ4n) is 1.05. The zero-order valence-corrected chi connectivity index (χ0v) is 9.63. The molecule has 0 saturated carbocycles. The molecular formula is C14H14O3. The Kier molecular flexibility index (Phi) is 5.31. The highest BCUT2D eigenvalue weighted by atomic mass is 16.7. The Morgan fingerprint density at radius 1 is 1.29 bits per heavy atom. The van der Waals surface area contributed by atoms with Crippen molar-refractivity contribution in [3.8, 4) is 5.75 Å². The monoisotopic (exact) mass is 230 g/mol. The van der Waals surface area contributed by atoms with Gasteiger partial charge in [-0.05, 0) is 31.2 Å². The van der Waals surface area contributed by atoms with Crippen LogP contribution in [-0.4, -0.2) is 6.16 Å². The van der Waals surface area contributed by atoms with Gasteiger partial charge in [0.15, 0.2) is 0 Å². The summed E-state index contributed by atoms with van der Waals surface area (Å²) in [4.78, 5) is 11.4. The molecule has 0 radical (unpaired) electrons. The molecule has 3 nitrogen and oxygen atoms in total. The van der Waals surface area contributed by atoms with Crippen LogP contribution in [0.5, 0.6) is 5.75 Å². The largest absolute Gasteiger partial charge is 0.519 e. The minimum absolute atomic E-state index is 0.408.